The zero-order valence-corrected chi connectivity index (χ0v) is 14.4. The smallest absolute Gasteiger partial charge is 0.338 e. The van der Waals surface area contributed by atoms with Gasteiger partial charge in [-0.3, -0.25) is 4.79 Å². The Kier molecular flexibility index (Phi) is 4.52. The van der Waals surface area contributed by atoms with Gasteiger partial charge in [-0.15, -0.1) is 0 Å². The van der Waals surface area contributed by atoms with Crippen molar-refractivity contribution in [3.63, 3.8) is 0 Å². The maximum absolute atomic E-state index is 12.6. The Morgan fingerprint density at radius 3 is 2.76 bits per heavy atom. The van der Waals surface area contributed by atoms with Crippen molar-refractivity contribution in [1.82, 2.24) is 9.38 Å². The minimum Gasteiger partial charge on any atom is -0.462 e. The number of nitrogens with zero attached hydrogens (tertiary/aromatic N) is 2. The molecule has 0 aliphatic carbocycles. The number of carbonyl (C=O) groups is 2. The van der Waals surface area contributed by atoms with Gasteiger partial charge >= 0.3 is 5.97 Å². The molecule has 6 heteroatoms. The molecule has 0 fully saturated rings. The van der Waals surface area contributed by atoms with Crippen molar-refractivity contribution in [2.75, 3.05) is 11.9 Å². The van der Waals surface area contributed by atoms with Crippen LogP contribution in [0.15, 0.2) is 42.6 Å². The Morgan fingerprint density at radius 2 is 2.00 bits per heavy atom. The summed E-state index contributed by atoms with van der Waals surface area (Å²) in [5.74, 6) is -0.693. The first-order chi connectivity index (χ1) is 12.0. The van der Waals surface area contributed by atoms with Crippen molar-refractivity contribution in [3.05, 3.63) is 65.1 Å². The third-order valence-corrected chi connectivity index (χ3v) is 3.82. The molecule has 0 aliphatic rings. The van der Waals surface area contributed by atoms with Crippen LogP contribution in [-0.2, 0) is 4.74 Å². The van der Waals surface area contributed by atoms with Gasteiger partial charge in [0.1, 0.15) is 5.65 Å². The molecule has 1 amide bonds. The molecule has 3 rings (SSSR count). The normalized spacial score (nSPS) is 10.7. The van der Waals surface area contributed by atoms with Gasteiger partial charge in [0, 0.05) is 23.3 Å². The van der Waals surface area contributed by atoms with Crippen LogP contribution in [0.3, 0.4) is 0 Å². The molecule has 1 N–H and O–H groups in total. The minimum absolute atomic E-state index is 0.277. The van der Waals surface area contributed by atoms with Crippen molar-refractivity contribution in [1.29, 1.82) is 0 Å². The number of amides is 1. The summed E-state index contributed by atoms with van der Waals surface area (Å²) in [6, 6.07) is 10.4. The van der Waals surface area contributed by atoms with Crippen LogP contribution in [0.2, 0.25) is 0 Å². The van der Waals surface area contributed by atoms with Crippen LogP contribution in [0.4, 0.5) is 5.69 Å². The second kappa shape index (κ2) is 6.76. The van der Waals surface area contributed by atoms with E-state index in [9.17, 15) is 9.59 Å². The van der Waals surface area contributed by atoms with Crippen molar-refractivity contribution >= 4 is 23.2 Å². The molecule has 0 saturated carbocycles. The number of carbonyl (C=O) groups excluding carboxylic acids is 2. The molecule has 25 heavy (non-hydrogen) atoms. The van der Waals surface area contributed by atoms with E-state index in [0.29, 0.717) is 29.1 Å². The van der Waals surface area contributed by atoms with Gasteiger partial charge in [0.2, 0.25) is 0 Å². The molecule has 0 unspecified atom stereocenters. The summed E-state index contributed by atoms with van der Waals surface area (Å²) in [6.45, 7) is 5.91. The quantitative estimate of drug-likeness (QED) is 0.741. The maximum Gasteiger partial charge on any atom is 0.338 e. The van der Waals surface area contributed by atoms with Crippen LogP contribution < -0.4 is 5.32 Å². The van der Waals surface area contributed by atoms with Crippen molar-refractivity contribution in [2.24, 2.45) is 0 Å². The van der Waals surface area contributed by atoms with E-state index in [-0.39, 0.29) is 5.91 Å². The molecule has 128 valence electrons. The summed E-state index contributed by atoms with van der Waals surface area (Å²) in [5, 5.41) is 2.81. The monoisotopic (exact) mass is 337 g/mol. The van der Waals surface area contributed by atoms with Gasteiger partial charge in [-0.25, -0.2) is 9.78 Å². The van der Waals surface area contributed by atoms with Gasteiger partial charge in [0.25, 0.3) is 5.91 Å². The number of hydrogen-bond acceptors (Lipinski definition) is 4. The van der Waals surface area contributed by atoms with Gasteiger partial charge < -0.3 is 14.5 Å². The van der Waals surface area contributed by atoms with Crippen LogP contribution in [0.25, 0.3) is 5.65 Å². The first-order valence-electron chi connectivity index (χ1n) is 8.03. The van der Waals surface area contributed by atoms with E-state index in [1.807, 2.05) is 30.5 Å². The van der Waals surface area contributed by atoms with Crippen molar-refractivity contribution in [2.45, 2.75) is 20.8 Å². The number of fused-ring (bicyclic) bond motifs is 1. The second-order valence-corrected chi connectivity index (χ2v) is 5.72. The summed E-state index contributed by atoms with van der Waals surface area (Å²) in [4.78, 5) is 28.9. The number of rotatable bonds is 4. The molecule has 0 bridgehead atoms. The number of hydrogen-bond donors (Lipinski definition) is 1. The second-order valence-electron chi connectivity index (χ2n) is 5.72. The summed E-state index contributed by atoms with van der Waals surface area (Å²) in [6.07, 6.45) is 1.82. The third-order valence-electron chi connectivity index (χ3n) is 3.82. The predicted octanol–water partition coefficient (Wildman–Crippen LogP) is 3.38. The molecular formula is C19H19N3O3. The van der Waals surface area contributed by atoms with Crippen LogP contribution in [0.5, 0.6) is 0 Å². The molecule has 0 atom stereocenters. The molecule has 0 spiro atoms. The number of aryl methyl sites for hydroxylation is 2. The van der Waals surface area contributed by atoms with Crippen LogP contribution in [-0.4, -0.2) is 27.9 Å². The molecule has 3 aromatic rings. The number of nitrogens with one attached hydrogen (secondary N) is 1. The Morgan fingerprint density at radius 1 is 1.20 bits per heavy atom. The fourth-order valence-electron chi connectivity index (χ4n) is 2.71. The molecule has 6 nitrogen and oxygen atoms in total. The van der Waals surface area contributed by atoms with Gasteiger partial charge in [0.05, 0.1) is 17.7 Å². The highest BCUT2D eigenvalue weighted by molar-refractivity contribution is 6.08. The molecule has 0 radical (unpaired) electrons. The Hall–Kier alpha value is -3.15. The standard InChI is InChI=1S/C19H19N3O3/c1-4-25-19(24)14-6-5-7-15(11-14)21-18(23)16-8-9-22-13(3)10-12(2)20-17(16)22/h5-11H,4H2,1-3H3,(H,21,23). The Labute approximate surface area is 145 Å². The van der Waals surface area contributed by atoms with Crippen molar-refractivity contribution < 1.29 is 14.3 Å². The zero-order chi connectivity index (χ0) is 18.0. The van der Waals surface area contributed by atoms with E-state index in [0.717, 1.165) is 11.4 Å². The third kappa shape index (κ3) is 3.38. The van der Waals surface area contributed by atoms with Crippen molar-refractivity contribution in [3.8, 4) is 0 Å². The molecule has 0 aliphatic heterocycles. The fraction of sp³-hybridized carbons (Fsp3) is 0.211. The molecular weight excluding hydrogens is 318 g/mol. The van der Waals surface area contributed by atoms with Gasteiger partial charge in [-0.05, 0) is 51.1 Å². The lowest BCUT2D eigenvalue weighted by Crippen LogP contribution is -2.13. The first kappa shape index (κ1) is 16.7. The van der Waals surface area contributed by atoms with Gasteiger partial charge in [-0.2, -0.15) is 0 Å². The highest BCUT2D eigenvalue weighted by Gasteiger charge is 2.15. The predicted molar refractivity (Wildman–Crippen MR) is 95.0 cm³/mol. The average Bonchev–Trinajstić information content (AvgIpc) is 2.99. The number of ether oxygens (including phenoxy) is 1. The lowest BCUT2D eigenvalue weighted by Gasteiger charge is -2.08. The SMILES string of the molecule is CCOC(=O)c1cccc(NC(=O)c2ccn3c(C)cc(C)nc23)c1. The lowest BCUT2D eigenvalue weighted by atomic mass is 10.2. The molecule has 1 aromatic carbocycles. The van der Waals surface area contributed by atoms with Gasteiger partial charge in [-0.1, -0.05) is 6.07 Å². The van der Waals surface area contributed by atoms with E-state index in [4.69, 9.17) is 4.74 Å². The highest BCUT2D eigenvalue weighted by atomic mass is 16.5. The van der Waals surface area contributed by atoms with Crippen LogP contribution in [0, 0.1) is 13.8 Å². The average molecular weight is 337 g/mol. The summed E-state index contributed by atoms with van der Waals surface area (Å²) in [5.41, 5.74) is 3.86. The summed E-state index contributed by atoms with van der Waals surface area (Å²) in [7, 11) is 0. The number of benzene rings is 1. The zero-order valence-electron chi connectivity index (χ0n) is 14.4. The van der Waals surface area contributed by atoms with E-state index in [1.54, 1.807) is 37.3 Å². The fourth-order valence-corrected chi connectivity index (χ4v) is 2.71. The number of esters is 1. The van der Waals surface area contributed by atoms with E-state index in [1.165, 1.54) is 0 Å². The van der Waals surface area contributed by atoms with Crippen LogP contribution >= 0.6 is 0 Å². The van der Waals surface area contributed by atoms with Crippen LogP contribution in [0.1, 0.15) is 39.0 Å². The molecule has 2 heterocycles. The van der Waals surface area contributed by atoms with E-state index >= 15 is 0 Å². The van der Waals surface area contributed by atoms with E-state index < -0.39 is 5.97 Å². The minimum atomic E-state index is -0.416. The molecule has 0 saturated heterocycles. The summed E-state index contributed by atoms with van der Waals surface area (Å²) >= 11 is 0. The Bertz CT molecular complexity index is 960. The highest BCUT2D eigenvalue weighted by Crippen LogP contribution is 2.17. The number of anilines is 1. The Balaban J connectivity index is 1.88. The topological polar surface area (TPSA) is 72.7 Å². The first-order valence-corrected chi connectivity index (χ1v) is 8.03. The van der Waals surface area contributed by atoms with E-state index in [2.05, 4.69) is 10.3 Å². The van der Waals surface area contributed by atoms with Gasteiger partial charge in [0.15, 0.2) is 0 Å². The number of aromatic nitrogens is 2. The summed E-state index contributed by atoms with van der Waals surface area (Å²) < 4.78 is 6.85. The lowest BCUT2D eigenvalue weighted by molar-refractivity contribution is 0.0526. The molecule has 2 aromatic heterocycles. The maximum atomic E-state index is 12.6. The largest absolute Gasteiger partial charge is 0.462 e.